The van der Waals surface area contributed by atoms with Gasteiger partial charge in [-0.1, -0.05) is 26.0 Å². The SMILES string of the molecule is CC(C)COc1ccc(CN2CCC(CO)CC2)cc1. The quantitative estimate of drug-likeness (QED) is 0.868. The first-order chi connectivity index (χ1) is 9.67. The second-order valence-corrected chi connectivity index (χ2v) is 6.25. The van der Waals surface area contributed by atoms with Gasteiger partial charge in [-0.05, 0) is 55.5 Å². The maximum atomic E-state index is 9.15. The van der Waals surface area contributed by atoms with E-state index in [9.17, 15) is 0 Å². The normalized spacial score (nSPS) is 17.6. The number of likely N-dealkylation sites (tertiary alicyclic amines) is 1. The average molecular weight is 277 g/mol. The predicted octanol–water partition coefficient (Wildman–Crippen LogP) is 2.93. The minimum absolute atomic E-state index is 0.343. The molecule has 3 nitrogen and oxygen atoms in total. The minimum atomic E-state index is 0.343. The molecule has 0 aliphatic carbocycles. The standard InChI is InChI=1S/C17H27NO2/c1-14(2)13-20-17-5-3-15(4-6-17)11-18-9-7-16(12-19)8-10-18/h3-6,14,16,19H,7-13H2,1-2H3. The summed E-state index contributed by atoms with van der Waals surface area (Å²) in [6.07, 6.45) is 2.23. The van der Waals surface area contributed by atoms with Gasteiger partial charge < -0.3 is 9.84 Å². The van der Waals surface area contributed by atoms with E-state index in [2.05, 4.69) is 43.0 Å². The molecule has 1 heterocycles. The number of piperidine rings is 1. The largest absolute Gasteiger partial charge is 0.493 e. The van der Waals surface area contributed by atoms with Gasteiger partial charge in [0, 0.05) is 13.2 Å². The molecule has 0 unspecified atom stereocenters. The topological polar surface area (TPSA) is 32.7 Å². The van der Waals surface area contributed by atoms with Gasteiger partial charge in [-0.2, -0.15) is 0 Å². The monoisotopic (exact) mass is 277 g/mol. The van der Waals surface area contributed by atoms with Crippen LogP contribution in [0.3, 0.4) is 0 Å². The van der Waals surface area contributed by atoms with Crippen molar-refractivity contribution in [3.63, 3.8) is 0 Å². The fourth-order valence-corrected chi connectivity index (χ4v) is 2.54. The number of hydrogen-bond donors (Lipinski definition) is 1. The van der Waals surface area contributed by atoms with Crippen molar-refractivity contribution in [2.45, 2.75) is 33.2 Å². The van der Waals surface area contributed by atoms with Gasteiger partial charge in [-0.15, -0.1) is 0 Å². The summed E-state index contributed by atoms with van der Waals surface area (Å²) in [5, 5.41) is 9.15. The molecule has 3 heteroatoms. The van der Waals surface area contributed by atoms with Crippen LogP contribution in [-0.4, -0.2) is 36.3 Å². The molecule has 2 rings (SSSR count). The lowest BCUT2D eigenvalue weighted by Crippen LogP contribution is -2.34. The molecule has 1 saturated heterocycles. The molecule has 0 bridgehead atoms. The Morgan fingerprint density at radius 1 is 1.20 bits per heavy atom. The van der Waals surface area contributed by atoms with Gasteiger partial charge in [0.05, 0.1) is 6.61 Å². The number of aliphatic hydroxyl groups is 1. The van der Waals surface area contributed by atoms with Crippen LogP contribution in [0.2, 0.25) is 0 Å². The number of benzene rings is 1. The van der Waals surface area contributed by atoms with Crippen LogP contribution in [0.4, 0.5) is 0 Å². The van der Waals surface area contributed by atoms with Gasteiger partial charge in [0.15, 0.2) is 0 Å². The Balaban J connectivity index is 1.79. The molecular weight excluding hydrogens is 250 g/mol. The van der Waals surface area contributed by atoms with Crippen LogP contribution in [0.5, 0.6) is 5.75 Å². The third-order valence-corrected chi connectivity index (χ3v) is 3.88. The van der Waals surface area contributed by atoms with Gasteiger partial charge >= 0.3 is 0 Å². The minimum Gasteiger partial charge on any atom is -0.493 e. The zero-order chi connectivity index (χ0) is 14.4. The van der Waals surface area contributed by atoms with Crippen molar-refractivity contribution >= 4 is 0 Å². The van der Waals surface area contributed by atoms with Crippen LogP contribution in [-0.2, 0) is 6.54 Å². The van der Waals surface area contributed by atoms with E-state index in [-0.39, 0.29) is 0 Å². The molecule has 0 saturated carbocycles. The van der Waals surface area contributed by atoms with Crippen LogP contribution in [0.25, 0.3) is 0 Å². The summed E-state index contributed by atoms with van der Waals surface area (Å²) in [5.74, 6) is 2.03. The number of aliphatic hydroxyl groups excluding tert-OH is 1. The van der Waals surface area contributed by atoms with Gasteiger partial charge in [-0.3, -0.25) is 4.90 Å². The molecule has 1 aliphatic heterocycles. The van der Waals surface area contributed by atoms with Crippen LogP contribution in [0, 0.1) is 11.8 Å². The van der Waals surface area contributed by atoms with Crippen molar-refractivity contribution in [3.05, 3.63) is 29.8 Å². The molecule has 1 aromatic rings. The zero-order valence-corrected chi connectivity index (χ0v) is 12.7. The van der Waals surface area contributed by atoms with Crippen molar-refractivity contribution in [2.75, 3.05) is 26.3 Å². The van der Waals surface area contributed by atoms with Gasteiger partial charge in [0.2, 0.25) is 0 Å². The van der Waals surface area contributed by atoms with Gasteiger partial charge in [0.1, 0.15) is 5.75 Å². The molecule has 112 valence electrons. The van der Waals surface area contributed by atoms with E-state index in [1.165, 1.54) is 5.56 Å². The Labute approximate surface area is 122 Å². The maximum Gasteiger partial charge on any atom is 0.119 e. The summed E-state index contributed by atoms with van der Waals surface area (Å²) in [4.78, 5) is 2.47. The number of ether oxygens (including phenoxy) is 1. The maximum absolute atomic E-state index is 9.15. The van der Waals surface area contributed by atoms with E-state index in [1.54, 1.807) is 0 Å². The lowest BCUT2D eigenvalue weighted by atomic mass is 9.97. The van der Waals surface area contributed by atoms with Crippen molar-refractivity contribution in [1.82, 2.24) is 4.90 Å². The Kier molecular flexibility index (Phi) is 5.86. The van der Waals surface area contributed by atoms with Crippen molar-refractivity contribution in [2.24, 2.45) is 11.8 Å². The molecule has 0 spiro atoms. The molecule has 0 radical (unpaired) electrons. The molecule has 1 aliphatic rings. The molecular formula is C17H27NO2. The van der Waals surface area contributed by atoms with E-state index in [1.807, 2.05) is 0 Å². The van der Waals surface area contributed by atoms with Crippen LogP contribution < -0.4 is 4.74 Å². The molecule has 20 heavy (non-hydrogen) atoms. The van der Waals surface area contributed by atoms with Gasteiger partial charge in [0.25, 0.3) is 0 Å². The smallest absolute Gasteiger partial charge is 0.119 e. The first-order valence-electron chi connectivity index (χ1n) is 7.72. The lowest BCUT2D eigenvalue weighted by Gasteiger charge is -2.31. The number of nitrogens with zero attached hydrogens (tertiary/aromatic N) is 1. The number of hydrogen-bond acceptors (Lipinski definition) is 3. The highest BCUT2D eigenvalue weighted by Crippen LogP contribution is 2.19. The van der Waals surface area contributed by atoms with Crippen LogP contribution >= 0.6 is 0 Å². The predicted molar refractivity (Wildman–Crippen MR) is 81.9 cm³/mol. The lowest BCUT2D eigenvalue weighted by molar-refractivity contribution is 0.127. The Morgan fingerprint density at radius 3 is 2.40 bits per heavy atom. The fraction of sp³-hybridized carbons (Fsp3) is 0.647. The Morgan fingerprint density at radius 2 is 1.85 bits per heavy atom. The number of rotatable bonds is 6. The molecule has 0 amide bonds. The Bertz CT molecular complexity index is 380. The van der Waals surface area contributed by atoms with Crippen molar-refractivity contribution < 1.29 is 9.84 Å². The molecule has 1 N–H and O–H groups in total. The first kappa shape index (κ1) is 15.3. The fourth-order valence-electron chi connectivity index (χ4n) is 2.54. The molecule has 0 atom stereocenters. The summed E-state index contributed by atoms with van der Waals surface area (Å²) in [5.41, 5.74) is 1.34. The van der Waals surface area contributed by atoms with Crippen LogP contribution in [0.1, 0.15) is 32.3 Å². The zero-order valence-electron chi connectivity index (χ0n) is 12.7. The van der Waals surface area contributed by atoms with E-state index >= 15 is 0 Å². The second-order valence-electron chi connectivity index (χ2n) is 6.25. The first-order valence-corrected chi connectivity index (χ1v) is 7.72. The van der Waals surface area contributed by atoms with Crippen LogP contribution in [0.15, 0.2) is 24.3 Å². The third kappa shape index (κ3) is 4.80. The van der Waals surface area contributed by atoms with Gasteiger partial charge in [-0.25, -0.2) is 0 Å². The van der Waals surface area contributed by atoms with Crippen molar-refractivity contribution in [1.29, 1.82) is 0 Å². The summed E-state index contributed by atoms with van der Waals surface area (Å²) in [6, 6.07) is 8.46. The highest BCUT2D eigenvalue weighted by atomic mass is 16.5. The second kappa shape index (κ2) is 7.65. The summed E-state index contributed by atoms with van der Waals surface area (Å²) >= 11 is 0. The van der Waals surface area contributed by atoms with E-state index in [4.69, 9.17) is 9.84 Å². The van der Waals surface area contributed by atoms with Crippen molar-refractivity contribution in [3.8, 4) is 5.75 Å². The third-order valence-electron chi connectivity index (χ3n) is 3.88. The Hall–Kier alpha value is -1.06. The van der Waals surface area contributed by atoms with E-state index in [0.29, 0.717) is 18.4 Å². The summed E-state index contributed by atoms with van der Waals surface area (Å²) in [6.45, 7) is 8.62. The van der Waals surface area contributed by atoms with E-state index < -0.39 is 0 Å². The molecule has 1 fully saturated rings. The highest BCUT2D eigenvalue weighted by molar-refractivity contribution is 5.27. The summed E-state index contributed by atoms with van der Waals surface area (Å²) < 4.78 is 5.70. The molecule has 1 aromatic carbocycles. The highest BCUT2D eigenvalue weighted by Gasteiger charge is 2.18. The average Bonchev–Trinajstić information content (AvgIpc) is 2.47. The summed E-state index contributed by atoms with van der Waals surface area (Å²) in [7, 11) is 0. The molecule has 0 aromatic heterocycles. The van der Waals surface area contributed by atoms with E-state index in [0.717, 1.165) is 44.8 Å².